The number of morpholine rings is 1. The summed E-state index contributed by atoms with van der Waals surface area (Å²) in [4.78, 5) is 14.6. The second-order valence-corrected chi connectivity index (χ2v) is 8.46. The lowest BCUT2D eigenvalue weighted by atomic mass is 10.1. The van der Waals surface area contributed by atoms with Gasteiger partial charge in [0.2, 0.25) is 10.0 Å². The highest BCUT2D eigenvalue weighted by Gasteiger charge is 2.28. The third kappa shape index (κ3) is 4.35. The van der Waals surface area contributed by atoms with Crippen molar-refractivity contribution in [2.45, 2.75) is 11.4 Å². The van der Waals surface area contributed by atoms with Crippen molar-refractivity contribution in [3.63, 3.8) is 0 Å². The summed E-state index contributed by atoms with van der Waals surface area (Å²) in [7, 11) is -0.564. The van der Waals surface area contributed by atoms with Crippen LogP contribution >= 0.6 is 0 Å². The summed E-state index contributed by atoms with van der Waals surface area (Å²) in [5.74, 6) is 0.0329. The van der Waals surface area contributed by atoms with Gasteiger partial charge in [-0.3, -0.25) is 4.79 Å². The molecule has 1 amide bonds. The van der Waals surface area contributed by atoms with Crippen molar-refractivity contribution >= 4 is 15.9 Å². The van der Waals surface area contributed by atoms with E-state index in [-0.39, 0.29) is 16.4 Å². The number of hydrogen-bond donors (Lipinski definition) is 0. The fourth-order valence-electron chi connectivity index (χ4n) is 3.09. The first-order chi connectivity index (χ1) is 13.4. The number of amides is 1. The van der Waals surface area contributed by atoms with Gasteiger partial charge in [0.1, 0.15) is 5.75 Å². The molecule has 0 atom stereocenters. The van der Waals surface area contributed by atoms with Crippen LogP contribution in [0.2, 0.25) is 0 Å². The highest BCUT2D eigenvalue weighted by molar-refractivity contribution is 7.89. The molecule has 150 valence electrons. The highest BCUT2D eigenvalue weighted by atomic mass is 32.2. The number of carbonyl (C=O) groups excluding carboxylic acids is 1. The summed E-state index contributed by atoms with van der Waals surface area (Å²) in [6, 6.07) is 14.0. The van der Waals surface area contributed by atoms with Crippen molar-refractivity contribution in [2.75, 3.05) is 40.5 Å². The van der Waals surface area contributed by atoms with Crippen LogP contribution in [0.25, 0.3) is 0 Å². The number of ether oxygens (including phenoxy) is 2. The summed E-state index contributed by atoms with van der Waals surface area (Å²) >= 11 is 0. The van der Waals surface area contributed by atoms with Gasteiger partial charge in [0.25, 0.3) is 5.91 Å². The van der Waals surface area contributed by atoms with E-state index in [0.29, 0.717) is 38.6 Å². The predicted molar refractivity (Wildman–Crippen MR) is 105 cm³/mol. The Kier molecular flexibility index (Phi) is 6.33. The zero-order valence-corrected chi connectivity index (χ0v) is 16.8. The Morgan fingerprint density at radius 1 is 1.14 bits per heavy atom. The van der Waals surface area contributed by atoms with Gasteiger partial charge >= 0.3 is 0 Å². The van der Waals surface area contributed by atoms with Crippen LogP contribution in [-0.4, -0.2) is 64.0 Å². The predicted octanol–water partition coefficient (Wildman–Crippen LogP) is 1.99. The average molecular weight is 404 g/mol. The number of methoxy groups -OCH3 is 1. The molecule has 0 radical (unpaired) electrons. The second-order valence-electron chi connectivity index (χ2n) is 6.53. The van der Waals surface area contributed by atoms with Crippen molar-refractivity contribution in [3.8, 4) is 5.75 Å². The van der Waals surface area contributed by atoms with Crippen LogP contribution in [0.5, 0.6) is 5.75 Å². The van der Waals surface area contributed by atoms with Crippen LogP contribution in [-0.2, 0) is 21.3 Å². The molecule has 0 aromatic heterocycles. The molecule has 0 aliphatic carbocycles. The molecule has 1 saturated heterocycles. The first kappa shape index (κ1) is 20.3. The van der Waals surface area contributed by atoms with Gasteiger partial charge in [-0.15, -0.1) is 0 Å². The Morgan fingerprint density at radius 2 is 1.82 bits per heavy atom. The number of benzene rings is 2. The molecule has 2 aromatic rings. The van der Waals surface area contributed by atoms with E-state index in [1.165, 1.54) is 29.6 Å². The van der Waals surface area contributed by atoms with Gasteiger partial charge in [-0.05, 0) is 23.8 Å². The summed E-state index contributed by atoms with van der Waals surface area (Å²) in [5.41, 5.74) is 1.20. The van der Waals surface area contributed by atoms with E-state index >= 15 is 0 Å². The molecule has 0 N–H and O–H groups in total. The quantitative estimate of drug-likeness (QED) is 0.736. The molecule has 0 unspecified atom stereocenters. The number of hydrogen-bond acceptors (Lipinski definition) is 5. The largest absolute Gasteiger partial charge is 0.496 e. The van der Waals surface area contributed by atoms with Crippen LogP contribution < -0.4 is 4.74 Å². The molecule has 0 bridgehead atoms. The second kappa shape index (κ2) is 8.72. The Bertz CT molecular complexity index is 925. The minimum atomic E-state index is -3.70. The fraction of sp³-hybridized carbons (Fsp3) is 0.350. The van der Waals surface area contributed by atoms with Gasteiger partial charge in [-0.1, -0.05) is 30.3 Å². The zero-order valence-electron chi connectivity index (χ0n) is 16.0. The number of sulfonamides is 1. The third-order valence-corrected chi connectivity index (χ3v) is 6.51. The van der Waals surface area contributed by atoms with E-state index < -0.39 is 10.0 Å². The Morgan fingerprint density at radius 3 is 2.46 bits per heavy atom. The molecular weight excluding hydrogens is 380 g/mol. The average Bonchev–Trinajstić information content (AvgIpc) is 2.74. The van der Waals surface area contributed by atoms with Crippen LogP contribution in [0.15, 0.2) is 53.4 Å². The molecule has 0 saturated carbocycles. The Labute approximate surface area is 165 Å². The molecular formula is C20H24N2O5S. The summed E-state index contributed by atoms with van der Waals surface area (Å²) < 4.78 is 37.8. The Balaban J connectivity index is 1.89. The highest BCUT2D eigenvalue weighted by Crippen LogP contribution is 2.26. The maximum absolute atomic E-state index is 13.0. The van der Waals surface area contributed by atoms with Crippen LogP contribution in [0.1, 0.15) is 15.9 Å². The van der Waals surface area contributed by atoms with Crippen molar-refractivity contribution in [2.24, 2.45) is 0 Å². The maximum Gasteiger partial charge on any atom is 0.257 e. The summed E-state index contributed by atoms with van der Waals surface area (Å²) in [6.07, 6.45) is 0. The van der Waals surface area contributed by atoms with Crippen molar-refractivity contribution in [1.82, 2.24) is 9.21 Å². The zero-order chi connectivity index (χ0) is 20.1. The molecule has 28 heavy (non-hydrogen) atoms. The first-order valence-electron chi connectivity index (χ1n) is 8.99. The molecule has 3 rings (SSSR count). The van der Waals surface area contributed by atoms with E-state index in [4.69, 9.17) is 9.47 Å². The van der Waals surface area contributed by atoms with E-state index in [0.717, 1.165) is 5.56 Å². The fourth-order valence-corrected chi connectivity index (χ4v) is 4.52. The van der Waals surface area contributed by atoms with E-state index in [9.17, 15) is 13.2 Å². The lowest BCUT2D eigenvalue weighted by molar-refractivity contribution is 0.0730. The minimum Gasteiger partial charge on any atom is -0.496 e. The summed E-state index contributed by atoms with van der Waals surface area (Å²) in [5, 5.41) is 0. The van der Waals surface area contributed by atoms with Gasteiger partial charge in [0.15, 0.2) is 0 Å². The topological polar surface area (TPSA) is 76.1 Å². The first-order valence-corrected chi connectivity index (χ1v) is 10.4. The molecule has 1 fully saturated rings. The molecule has 1 aliphatic rings. The standard InChI is InChI=1S/C20H24N2O5S/c1-21(15-16-6-4-3-5-7-16)20(23)18-14-17(8-9-19(18)26-2)28(24,25)22-10-12-27-13-11-22/h3-9,14H,10-13,15H2,1-2H3. The van der Waals surface area contributed by atoms with E-state index in [1.807, 2.05) is 30.3 Å². The van der Waals surface area contributed by atoms with Gasteiger partial charge in [-0.2, -0.15) is 4.31 Å². The minimum absolute atomic E-state index is 0.0756. The lowest BCUT2D eigenvalue weighted by Crippen LogP contribution is -2.40. The van der Waals surface area contributed by atoms with Crippen LogP contribution in [0, 0.1) is 0 Å². The number of rotatable bonds is 6. The van der Waals surface area contributed by atoms with Gasteiger partial charge < -0.3 is 14.4 Å². The van der Waals surface area contributed by atoms with E-state index in [2.05, 4.69) is 0 Å². The molecule has 1 aliphatic heterocycles. The number of carbonyl (C=O) groups is 1. The van der Waals surface area contributed by atoms with Gasteiger partial charge in [0.05, 0.1) is 30.8 Å². The molecule has 8 heteroatoms. The Hall–Kier alpha value is -2.42. The van der Waals surface area contributed by atoms with Crippen molar-refractivity contribution < 1.29 is 22.7 Å². The van der Waals surface area contributed by atoms with Gasteiger partial charge in [-0.25, -0.2) is 8.42 Å². The van der Waals surface area contributed by atoms with Crippen molar-refractivity contribution in [1.29, 1.82) is 0 Å². The molecule has 0 spiro atoms. The van der Waals surface area contributed by atoms with Crippen LogP contribution in [0.3, 0.4) is 0 Å². The smallest absolute Gasteiger partial charge is 0.257 e. The monoisotopic (exact) mass is 404 g/mol. The summed E-state index contributed by atoms with van der Waals surface area (Å²) in [6.45, 7) is 1.72. The van der Waals surface area contributed by atoms with Gasteiger partial charge in [0, 0.05) is 26.7 Å². The molecule has 7 nitrogen and oxygen atoms in total. The van der Waals surface area contributed by atoms with Crippen molar-refractivity contribution in [3.05, 3.63) is 59.7 Å². The van der Waals surface area contributed by atoms with E-state index in [1.54, 1.807) is 11.9 Å². The van der Waals surface area contributed by atoms with Crippen LogP contribution in [0.4, 0.5) is 0 Å². The SMILES string of the molecule is COc1ccc(S(=O)(=O)N2CCOCC2)cc1C(=O)N(C)Cc1ccccc1. The maximum atomic E-state index is 13.0. The molecule has 2 aromatic carbocycles. The molecule has 1 heterocycles. The normalized spacial score (nSPS) is 15.2. The lowest BCUT2D eigenvalue weighted by Gasteiger charge is -2.26. The third-order valence-electron chi connectivity index (χ3n) is 4.62. The number of nitrogens with zero attached hydrogens (tertiary/aromatic N) is 2.